The molecule has 0 bridgehead atoms. The van der Waals surface area contributed by atoms with Crippen molar-refractivity contribution in [3.8, 4) is 11.3 Å². The summed E-state index contributed by atoms with van der Waals surface area (Å²) in [6.45, 7) is 6.07. The number of anilines is 2. The topological polar surface area (TPSA) is 72.3 Å². The van der Waals surface area contributed by atoms with Gasteiger partial charge in [0.2, 0.25) is 0 Å². The van der Waals surface area contributed by atoms with Crippen LogP contribution in [-0.2, 0) is 18.2 Å². The highest BCUT2D eigenvalue weighted by Crippen LogP contribution is 2.30. The van der Waals surface area contributed by atoms with E-state index in [-0.39, 0.29) is 17.7 Å². The van der Waals surface area contributed by atoms with E-state index in [9.17, 15) is 4.79 Å². The smallest absolute Gasteiger partial charge is 0.278 e. The summed E-state index contributed by atoms with van der Waals surface area (Å²) in [7, 11) is 1.75. The monoisotopic (exact) mass is 493 g/mol. The summed E-state index contributed by atoms with van der Waals surface area (Å²) < 4.78 is 7.63. The van der Waals surface area contributed by atoms with Gasteiger partial charge in [-0.05, 0) is 31.5 Å². The molecule has 0 spiro atoms. The molecule has 170 valence electrons. The van der Waals surface area contributed by atoms with Crippen molar-refractivity contribution in [3.63, 3.8) is 0 Å². The highest BCUT2D eigenvalue weighted by Gasteiger charge is 2.35. The van der Waals surface area contributed by atoms with E-state index < -0.39 is 0 Å². The lowest BCUT2D eigenvalue weighted by Gasteiger charge is -2.24. The molecular formula is C22H25Cl2N5O2S. The molecule has 10 heteroatoms. The molecule has 2 atom stereocenters. The van der Waals surface area contributed by atoms with Gasteiger partial charge in [0, 0.05) is 48.9 Å². The summed E-state index contributed by atoms with van der Waals surface area (Å²) in [5.41, 5.74) is 1.45. The van der Waals surface area contributed by atoms with Gasteiger partial charge in [0.25, 0.3) is 5.56 Å². The molecule has 0 amide bonds. The minimum absolute atomic E-state index is 0.0125. The van der Waals surface area contributed by atoms with E-state index in [0.717, 1.165) is 23.9 Å². The van der Waals surface area contributed by atoms with Gasteiger partial charge >= 0.3 is 0 Å². The Balaban J connectivity index is 1.69. The molecule has 3 heterocycles. The Kier molecular flexibility index (Phi) is 7.05. The fourth-order valence-corrected chi connectivity index (χ4v) is 5.13. The third-order valence-electron chi connectivity index (χ3n) is 5.54. The number of hydrogen-bond donors (Lipinski definition) is 1. The summed E-state index contributed by atoms with van der Waals surface area (Å²) in [5, 5.41) is 7.40. The van der Waals surface area contributed by atoms with E-state index in [0.29, 0.717) is 40.1 Å². The zero-order valence-corrected chi connectivity index (χ0v) is 20.5. The third-order valence-corrected chi connectivity index (χ3v) is 6.92. The maximum atomic E-state index is 13.2. The molecule has 3 aromatic rings. The Labute approximate surface area is 201 Å². The van der Waals surface area contributed by atoms with Gasteiger partial charge < -0.3 is 15.0 Å². The van der Waals surface area contributed by atoms with E-state index in [2.05, 4.69) is 15.2 Å². The molecule has 0 radical (unpaired) electrons. The highest BCUT2D eigenvalue weighted by molar-refractivity contribution is 7.13. The first-order chi connectivity index (χ1) is 15.4. The van der Waals surface area contributed by atoms with Crippen LogP contribution in [0.5, 0.6) is 0 Å². The van der Waals surface area contributed by atoms with Gasteiger partial charge in [0.05, 0.1) is 22.9 Å². The predicted molar refractivity (Wildman–Crippen MR) is 131 cm³/mol. The lowest BCUT2D eigenvalue weighted by atomic mass is 10.1. The van der Waals surface area contributed by atoms with Gasteiger partial charge in [-0.1, -0.05) is 30.1 Å². The largest absolute Gasteiger partial charge is 0.374 e. The van der Waals surface area contributed by atoms with E-state index >= 15 is 0 Å². The van der Waals surface area contributed by atoms with Crippen molar-refractivity contribution < 1.29 is 4.74 Å². The minimum atomic E-state index is -0.225. The minimum Gasteiger partial charge on any atom is -0.374 e. The van der Waals surface area contributed by atoms with Gasteiger partial charge in [-0.2, -0.15) is 0 Å². The van der Waals surface area contributed by atoms with Crippen molar-refractivity contribution in [2.24, 2.45) is 7.05 Å². The molecule has 0 aliphatic carbocycles. The third kappa shape index (κ3) is 4.50. The molecule has 7 nitrogen and oxygen atoms in total. The highest BCUT2D eigenvalue weighted by atomic mass is 35.5. The fourth-order valence-electron chi connectivity index (χ4n) is 3.97. The molecule has 1 aliphatic heterocycles. The van der Waals surface area contributed by atoms with Gasteiger partial charge in [0.15, 0.2) is 5.13 Å². The van der Waals surface area contributed by atoms with E-state index in [1.54, 1.807) is 47.3 Å². The Morgan fingerprint density at radius 2 is 2.09 bits per heavy atom. The molecule has 2 aromatic heterocycles. The predicted octanol–water partition coefficient (Wildman–Crippen LogP) is 4.48. The maximum absolute atomic E-state index is 13.2. The van der Waals surface area contributed by atoms with Crippen LogP contribution in [0.3, 0.4) is 0 Å². The van der Waals surface area contributed by atoms with Crippen LogP contribution in [0, 0.1) is 0 Å². The first-order valence-electron chi connectivity index (χ1n) is 10.5. The standard InChI is InChI=1S/C22H25Cl2N5O2S/c1-4-16-20(27-17-11-29(12-18(17)31-5-2)22-25-8-9-32-22)28(3)21(30)19(26-16)14-7-6-13(23)10-15(14)24/h6-10,17-18,27H,4-5,11-12H2,1-3H3/t17?,18-/m0/s1. The zero-order valence-electron chi connectivity index (χ0n) is 18.1. The summed E-state index contributed by atoms with van der Waals surface area (Å²) in [6, 6.07) is 5.05. The van der Waals surface area contributed by atoms with Crippen molar-refractivity contribution in [1.82, 2.24) is 14.5 Å². The SMILES string of the molecule is CCO[C@H]1CN(c2nccs2)CC1Nc1c(CC)nc(-c2ccc(Cl)cc2Cl)c(=O)n1C. The van der Waals surface area contributed by atoms with Crippen LogP contribution in [0.1, 0.15) is 19.5 Å². The number of ether oxygens (including phenoxy) is 1. The van der Waals surface area contributed by atoms with Crippen molar-refractivity contribution in [1.29, 1.82) is 0 Å². The molecule has 4 rings (SSSR count). The lowest BCUT2D eigenvalue weighted by molar-refractivity contribution is 0.0719. The second-order valence-electron chi connectivity index (χ2n) is 7.56. The lowest BCUT2D eigenvalue weighted by Crippen LogP contribution is -2.37. The van der Waals surface area contributed by atoms with E-state index in [1.807, 2.05) is 19.2 Å². The van der Waals surface area contributed by atoms with Gasteiger partial charge in [0.1, 0.15) is 11.5 Å². The van der Waals surface area contributed by atoms with Crippen molar-refractivity contribution in [3.05, 3.63) is 55.9 Å². The molecular weight excluding hydrogens is 469 g/mol. The second-order valence-corrected chi connectivity index (χ2v) is 9.28. The Morgan fingerprint density at radius 3 is 2.75 bits per heavy atom. The van der Waals surface area contributed by atoms with Gasteiger partial charge in [-0.15, -0.1) is 11.3 Å². The van der Waals surface area contributed by atoms with Crippen LogP contribution in [-0.4, -0.2) is 46.4 Å². The first kappa shape index (κ1) is 23.0. The van der Waals surface area contributed by atoms with Crippen LogP contribution in [0.15, 0.2) is 34.6 Å². The Hall–Kier alpha value is -2.13. The second kappa shape index (κ2) is 9.79. The molecule has 1 saturated heterocycles. The van der Waals surface area contributed by atoms with Crippen molar-refractivity contribution in [2.75, 3.05) is 29.9 Å². The van der Waals surface area contributed by atoms with Crippen molar-refractivity contribution in [2.45, 2.75) is 32.4 Å². The molecule has 1 unspecified atom stereocenters. The summed E-state index contributed by atoms with van der Waals surface area (Å²) in [4.78, 5) is 24.6. The summed E-state index contributed by atoms with van der Waals surface area (Å²) in [6.07, 6.45) is 2.42. The van der Waals surface area contributed by atoms with Crippen LogP contribution in [0.25, 0.3) is 11.3 Å². The van der Waals surface area contributed by atoms with Crippen LogP contribution in [0.2, 0.25) is 10.0 Å². The number of aromatic nitrogens is 3. The Morgan fingerprint density at radius 1 is 1.28 bits per heavy atom. The number of thiazole rings is 1. The molecule has 1 N–H and O–H groups in total. The van der Waals surface area contributed by atoms with Crippen molar-refractivity contribution >= 4 is 45.5 Å². The maximum Gasteiger partial charge on any atom is 0.278 e. The molecule has 1 aromatic carbocycles. The number of rotatable bonds is 7. The normalized spacial score (nSPS) is 18.3. The van der Waals surface area contributed by atoms with E-state index in [4.69, 9.17) is 32.9 Å². The van der Waals surface area contributed by atoms with Crippen LogP contribution in [0.4, 0.5) is 10.9 Å². The summed E-state index contributed by atoms with van der Waals surface area (Å²) in [5.74, 6) is 0.696. The average molecular weight is 494 g/mol. The summed E-state index contributed by atoms with van der Waals surface area (Å²) >= 11 is 14.0. The Bertz CT molecular complexity index is 1150. The fraction of sp³-hybridized carbons (Fsp3) is 0.409. The molecule has 32 heavy (non-hydrogen) atoms. The quantitative estimate of drug-likeness (QED) is 0.523. The van der Waals surface area contributed by atoms with E-state index in [1.165, 1.54) is 0 Å². The number of benzene rings is 1. The number of nitrogens with zero attached hydrogens (tertiary/aromatic N) is 4. The van der Waals surface area contributed by atoms with Gasteiger partial charge in [-0.3, -0.25) is 9.36 Å². The molecule has 0 saturated carbocycles. The van der Waals surface area contributed by atoms with Crippen LogP contribution < -0.4 is 15.8 Å². The number of aryl methyl sites for hydroxylation is 1. The number of nitrogens with one attached hydrogen (secondary N) is 1. The molecule has 1 aliphatic rings. The van der Waals surface area contributed by atoms with Crippen LogP contribution >= 0.6 is 34.5 Å². The molecule has 1 fully saturated rings. The zero-order chi connectivity index (χ0) is 22.8. The number of halogens is 2. The first-order valence-corrected chi connectivity index (χ1v) is 12.1. The van der Waals surface area contributed by atoms with Gasteiger partial charge in [-0.25, -0.2) is 9.97 Å². The average Bonchev–Trinajstić information content (AvgIpc) is 3.43. The number of hydrogen-bond acceptors (Lipinski definition) is 7.